The van der Waals surface area contributed by atoms with Gasteiger partial charge in [-0.25, -0.2) is 9.78 Å². The van der Waals surface area contributed by atoms with Crippen LogP contribution in [0.4, 0.5) is 0 Å². The van der Waals surface area contributed by atoms with Crippen LogP contribution in [0.2, 0.25) is 0 Å². The van der Waals surface area contributed by atoms with Gasteiger partial charge in [-0.2, -0.15) is 0 Å². The number of hydrogen-bond acceptors (Lipinski definition) is 3. The van der Waals surface area contributed by atoms with Crippen LogP contribution in [0.3, 0.4) is 0 Å². The number of ether oxygens (including phenoxy) is 1. The predicted octanol–water partition coefficient (Wildman–Crippen LogP) is 2.49. The fourth-order valence-corrected chi connectivity index (χ4v) is 1.45. The third-order valence-corrected chi connectivity index (χ3v) is 2.29. The highest BCUT2D eigenvalue weighted by atomic mass is 16.5. The van der Waals surface area contributed by atoms with Crippen LogP contribution in [0.15, 0.2) is 37.5 Å². The summed E-state index contributed by atoms with van der Waals surface area (Å²) in [5.74, 6) is 0.209. The van der Waals surface area contributed by atoms with Crippen LogP contribution in [0.25, 0.3) is 0 Å². The molecule has 0 aliphatic carbocycles. The molecule has 0 radical (unpaired) electrons. The normalized spacial score (nSPS) is 9.83. The first-order valence-electron chi connectivity index (χ1n) is 5.69. The summed E-state index contributed by atoms with van der Waals surface area (Å²) >= 11 is 0. The number of carbonyl (C=O) groups is 1. The minimum atomic E-state index is -0.415. The van der Waals surface area contributed by atoms with Gasteiger partial charge < -0.3 is 9.72 Å². The lowest BCUT2D eigenvalue weighted by molar-refractivity contribution is -0.140. The first-order chi connectivity index (χ1) is 8.58. The van der Waals surface area contributed by atoms with Gasteiger partial charge in [0.05, 0.1) is 5.69 Å². The molecule has 96 valence electrons. The van der Waals surface area contributed by atoms with Crippen molar-refractivity contribution in [2.75, 3.05) is 0 Å². The molecule has 0 aliphatic rings. The molecular weight excluding hydrogens is 228 g/mol. The van der Waals surface area contributed by atoms with E-state index in [4.69, 9.17) is 4.74 Å². The molecule has 1 heterocycles. The number of rotatable bonds is 7. The van der Waals surface area contributed by atoms with Crippen molar-refractivity contribution in [1.82, 2.24) is 9.97 Å². The topological polar surface area (TPSA) is 55.0 Å². The molecule has 4 heteroatoms. The van der Waals surface area contributed by atoms with E-state index in [9.17, 15) is 4.79 Å². The Hall–Kier alpha value is -2.10. The average Bonchev–Trinajstić information content (AvgIpc) is 2.70. The maximum absolute atomic E-state index is 11.3. The number of carbonyl (C=O) groups excluding carboxylic acids is 1. The largest absolute Gasteiger partial charge is 0.454 e. The van der Waals surface area contributed by atoms with Crippen molar-refractivity contribution in [3.05, 3.63) is 54.7 Å². The van der Waals surface area contributed by atoms with Gasteiger partial charge in [-0.3, -0.25) is 0 Å². The third kappa shape index (κ3) is 3.73. The van der Waals surface area contributed by atoms with E-state index in [1.54, 1.807) is 19.1 Å². The maximum Gasteiger partial charge on any atom is 0.333 e. The van der Waals surface area contributed by atoms with Crippen molar-refractivity contribution in [1.29, 1.82) is 0 Å². The van der Waals surface area contributed by atoms with Gasteiger partial charge in [-0.15, -0.1) is 13.2 Å². The Morgan fingerprint density at radius 2 is 2.06 bits per heavy atom. The molecule has 0 spiro atoms. The molecule has 0 bridgehead atoms. The summed E-state index contributed by atoms with van der Waals surface area (Å²) in [7, 11) is 0. The molecule has 4 nitrogen and oxygen atoms in total. The van der Waals surface area contributed by atoms with E-state index in [0.717, 1.165) is 11.4 Å². The van der Waals surface area contributed by atoms with Crippen LogP contribution in [-0.2, 0) is 29.0 Å². The number of hydrogen-bond donors (Lipinski definition) is 1. The number of nitrogens with zero attached hydrogens (tertiary/aromatic N) is 1. The lowest BCUT2D eigenvalue weighted by atomic mass is 10.2. The summed E-state index contributed by atoms with van der Waals surface area (Å²) < 4.78 is 5.03. The second kappa shape index (κ2) is 6.59. The molecular formula is C14H18N2O2. The Morgan fingerprint density at radius 1 is 1.39 bits per heavy atom. The molecule has 0 fully saturated rings. The van der Waals surface area contributed by atoms with Crippen molar-refractivity contribution in [3.8, 4) is 0 Å². The number of H-pyrrole nitrogens is 1. The van der Waals surface area contributed by atoms with E-state index in [2.05, 4.69) is 29.7 Å². The standard InChI is InChI=1S/C14H18N2O2/c1-5-7-11-12(8-6-2)16-13(15-11)9-18-14(17)10(3)4/h5-6H,1-3,7-9H2,4H3,(H,15,16). The SMILES string of the molecule is C=CCc1nc(COC(=O)C(=C)C)[nH]c1CC=C. The van der Waals surface area contributed by atoms with E-state index in [1.807, 2.05) is 0 Å². The maximum atomic E-state index is 11.3. The van der Waals surface area contributed by atoms with Gasteiger partial charge in [0.1, 0.15) is 12.4 Å². The lowest BCUT2D eigenvalue weighted by Gasteiger charge is -2.00. The third-order valence-electron chi connectivity index (χ3n) is 2.29. The summed E-state index contributed by atoms with van der Waals surface area (Å²) in [6, 6.07) is 0. The van der Waals surface area contributed by atoms with Gasteiger partial charge in [0.25, 0.3) is 0 Å². The minimum absolute atomic E-state index is 0.118. The van der Waals surface area contributed by atoms with Crippen LogP contribution in [-0.4, -0.2) is 15.9 Å². The van der Waals surface area contributed by atoms with Crippen LogP contribution in [0, 0.1) is 0 Å². The number of aromatic nitrogens is 2. The smallest absolute Gasteiger partial charge is 0.333 e. The molecule has 1 N–H and O–H groups in total. The van der Waals surface area contributed by atoms with E-state index < -0.39 is 5.97 Å². The molecule has 0 atom stereocenters. The highest BCUT2D eigenvalue weighted by Gasteiger charge is 2.10. The van der Waals surface area contributed by atoms with Crippen molar-refractivity contribution in [2.24, 2.45) is 0 Å². The quantitative estimate of drug-likeness (QED) is 0.457. The second-order valence-electron chi connectivity index (χ2n) is 3.95. The molecule has 0 saturated heterocycles. The molecule has 1 rings (SSSR count). The summed E-state index contributed by atoms with van der Waals surface area (Å²) in [4.78, 5) is 18.8. The van der Waals surface area contributed by atoms with Crippen molar-refractivity contribution < 1.29 is 9.53 Å². The summed E-state index contributed by atoms with van der Waals surface area (Å²) in [5, 5.41) is 0. The minimum Gasteiger partial charge on any atom is -0.454 e. The van der Waals surface area contributed by atoms with E-state index in [1.165, 1.54) is 0 Å². The lowest BCUT2D eigenvalue weighted by Crippen LogP contribution is -2.05. The van der Waals surface area contributed by atoms with Gasteiger partial charge in [0, 0.05) is 24.1 Å². The molecule has 0 aromatic carbocycles. The Labute approximate surface area is 107 Å². The Bertz CT molecular complexity index is 445. The Balaban J connectivity index is 2.74. The van der Waals surface area contributed by atoms with E-state index in [-0.39, 0.29) is 6.61 Å². The molecule has 1 aromatic rings. The highest BCUT2D eigenvalue weighted by Crippen LogP contribution is 2.10. The van der Waals surface area contributed by atoms with Crippen molar-refractivity contribution in [2.45, 2.75) is 26.4 Å². The molecule has 18 heavy (non-hydrogen) atoms. The van der Waals surface area contributed by atoms with Gasteiger partial charge >= 0.3 is 5.97 Å². The van der Waals surface area contributed by atoms with Crippen LogP contribution in [0.1, 0.15) is 24.1 Å². The zero-order valence-corrected chi connectivity index (χ0v) is 10.7. The first-order valence-corrected chi connectivity index (χ1v) is 5.69. The van der Waals surface area contributed by atoms with Crippen LogP contribution >= 0.6 is 0 Å². The zero-order chi connectivity index (χ0) is 13.5. The van der Waals surface area contributed by atoms with E-state index >= 15 is 0 Å². The summed E-state index contributed by atoms with van der Waals surface area (Å²) in [5.41, 5.74) is 2.26. The number of nitrogens with one attached hydrogen (secondary N) is 1. The fourth-order valence-electron chi connectivity index (χ4n) is 1.45. The van der Waals surface area contributed by atoms with Crippen molar-refractivity contribution in [3.63, 3.8) is 0 Å². The van der Waals surface area contributed by atoms with Gasteiger partial charge in [-0.05, 0) is 6.92 Å². The van der Waals surface area contributed by atoms with Gasteiger partial charge in [-0.1, -0.05) is 18.7 Å². The van der Waals surface area contributed by atoms with Gasteiger partial charge in [0.2, 0.25) is 0 Å². The van der Waals surface area contributed by atoms with Gasteiger partial charge in [0.15, 0.2) is 0 Å². The second-order valence-corrected chi connectivity index (χ2v) is 3.95. The molecule has 0 aliphatic heterocycles. The number of imidazole rings is 1. The van der Waals surface area contributed by atoms with Crippen molar-refractivity contribution >= 4 is 5.97 Å². The first kappa shape index (κ1) is 14.0. The number of aromatic amines is 1. The highest BCUT2D eigenvalue weighted by molar-refractivity contribution is 5.86. The number of esters is 1. The summed E-state index contributed by atoms with van der Waals surface area (Å²) in [6.45, 7) is 12.6. The Morgan fingerprint density at radius 3 is 2.61 bits per heavy atom. The average molecular weight is 246 g/mol. The zero-order valence-electron chi connectivity index (χ0n) is 10.7. The van der Waals surface area contributed by atoms with Crippen LogP contribution < -0.4 is 0 Å². The molecule has 0 saturated carbocycles. The summed E-state index contributed by atoms with van der Waals surface area (Å²) in [6.07, 6.45) is 4.95. The number of allylic oxidation sites excluding steroid dienone is 2. The molecule has 0 unspecified atom stereocenters. The Kier molecular flexibility index (Phi) is 5.11. The predicted molar refractivity (Wildman–Crippen MR) is 71.0 cm³/mol. The fraction of sp³-hybridized carbons (Fsp3) is 0.286. The van der Waals surface area contributed by atoms with E-state index in [0.29, 0.717) is 24.2 Å². The van der Waals surface area contributed by atoms with Crippen LogP contribution in [0.5, 0.6) is 0 Å². The molecule has 1 aromatic heterocycles. The molecule has 0 amide bonds. The monoisotopic (exact) mass is 246 g/mol.